The summed E-state index contributed by atoms with van der Waals surface area (Å²) in [6.07, 6.45) is -1.44. The summed E-state index contributed by atoms with van der Waals surface area (Å²) in [6.45, 7) is 0. The van der Waals surface area contributed by atoms with Crippen LogP contribution in [0.25, 0.3) is 0 Å². The number of aliphatic hydroxyl groups is 2. The number of hydrogen-bond acceptors (Lipinski definition) is 3. The van der Waals surface area contributed by atoms with Crippen molar-refractivity contribution >= 4 is 5.69 Å². The Morgan fingerprint density at radius 1 is 0.684 bits per heavy atom. The largest absolute Gasteiger partial charge is 0.388 e. The normalized spacial score (nSPS) is 31.6. The highest BCUT2D eigenvalue weighted by Gasteiger charge is 2.55. The van der Waals surface area contributed by atoms with Gasteiger partial charge in [0.15, 0.2) is 0 Å². The quantitative estimate of drug-likeness (QED) is 0.817. The summed E-state index contributed by atoms with van der Waals surface area (Å²) in [6, 6.07) is 17.8. The lowest BCUT2D eigenvalue weighted by Gasteiger charge is -2.25. The smallest absolute Gasteiger partial charge is 0.107 e. The molecule has 2 bridgehead atoms. The molecule has 19 heavy (non-hydrogen) atoms. The number of para-hydroxylation sites is 1. The summed E-state index contributed by atoms with van der Waals surface area (Å²) in [5.41, 5.74) is 3.31. The van der Waals surface area contributed by atoms with Crippen LogP contribution in [0.15, 0.2) is 54.6 Å². The van der Waals surface area contributed by atoms with E-state index in [0.29, 0.717) is 0 Å². The zero-order valence-electron chi connectivity index (χ0n) is 10.3. The molecular formula is C16H15NO2. The topological polar surface area (TPSA) is 43.7 Å². The number of anilines is 1. The minimum absolute atomic E-state index is 0.140. The Morgan fingerprint density at radius 2 is 1.16 bits per heavy atom. The maximum Gasteiger partial charge on any atom is 0.107 e. The van der Waals surface area contributed by atoms with Gasteiger partial charge >= 0.3 is 0 Å². The molecule has 0 aliphatic carbocycles. The van der Waals surface area contributed by atoms with E-state index in [1.165, 1.54) is 0 Å². The molecule has 0 radical (unpaired) electrons. The first kappa shape index (κ1) is 11.0. The number of hydrogen-bond donors (Lipinski definition) is 2. The number of fused-ring (bicyclic) bond motifs is 5. The molecule has 0 aromatic heterocycles. The Balaban J connectivity index is 1.89. The third-order valence-corrected chi connectivity index (χ3v) is 4.28. The van der Waals surface area contributed by atoms with Crippen LogP contribution >= 0.6 is 0 Å². The van der Waals surface area contributed by atoms with E-state index in [1.807, 2.05) is 54.6 Å². The van der Waals surface area contributed by atoms with Gasteiger partial charge in [0.2, 0.25) is 0 Å². The van der Waals surface area contributed by atoms with Crippen LogP contribution in [-0.2, 0) is 0 Å². The van der Waals surface area contributed by atoms with E-state index in [0.717, 1.165) is 16.8 Å². The van der Waals surface area contributed by atoms with Crippen molar-refractivity contribution in [3.63, 3.8) is 0 Å². The van der Waals surface area contributed by atoms with E-state index in [2.05, 4.69) is 4.90 Å². The molecule has 2 N–H and O–H groups in total. The van der Waals surface area contributed by atoms with Crippen LogP contribution in [-0.4, -0.2) is 22.4 Å². The number of aliphatic hydroxyl groups excluding tert-OH is 2. The predicted molar refractivity (Wildman–Crippen MR) is 72.9 cm³/mol. The first-order valence-corrected chi connectivity index (χ1v) is 6.57. The molecule has 3 nitrogen and oxygen atoms in total. The average molecular weight is 253 g/mol. The lowest BCUT2D eigenvalue weighted by atomic mass is 9.88. The lowest BCUT2D eigenvalue weighted by Crippen LogP contribution is -2.30. The van der Waals surface area contributed by atoms with Gasteiger partial charge in [-0.15, -0.1) is 0 Å². The maximum atomic E-state index is 10.3. The summed E-state index contributed by atoms with van der Waals surface area (Å²) in [7, 11) is 0. The highest BCUT2D eigenvalue weighted by Crippen LogP contribution is 2.54. The molecule has 3 heteroatoms. The van der Waals surface area contributed by atoms with E-state index in [1.54, 1.807) is 0 Å². The van der Waals surface area contributed by atoms with Gasteiger partial charge in [-0.05, 0) is 23.3 Å². The molecule has 2 unspecified atom stereocenters. The van der Waals surface area contributed by atoms with Crippen LogP contribution < -0.4 is 4.90 Å². The van der Waals surface area contributed by atoms with E-state index >= 15 is 0 Å². The molecule has 0 saturated carbocycles. The molecule has 0 amide bonds. The van der Waals surface area contributed by atoms with Crippen molar-refractivity contribution in [2.45, 2.75) is 24.3 Å². The van der Waals surface area contributed by atoms with Gasteiger partial charge in [0.25, 0.3) is 0 Å². The summed E-state index contributed by atoms with van der Waals surface area (Å²) >= 11 is 0. The van der Waals surface area contributed by atoms with Crippen molar-refractivity contribution in [2.24, 2.45) is 0 Å². The predicted octanol–water partition coefficient (Wildman–Crippen LogP) is 2.02. The second-order valence-corrected chi connectivity index (χ2v) is 5.24. The third-order valence-electron chi connectivity index (χ3n) is 4.28. The van der Waals surface area contributed by atoms with Gasteiger partial charge in [-0.1, -0.05) is 42.5 Å². The van der Waals surface area contributed by atoms with Gasteiger partial charge in [0, 0.05) is 5.69 Å². The van der Waals surface area contributed by atoms with Crippen LogP contribution in [0.5, 0.6) is 0 Å². The van der Waals surface area contributed by atoms with Crippen LogP contribution in [0.1, 0.15) is 23.2 Å². The first-order valence-electron chi connectivity index (χ1n) is 6.57. The molecule has 2 aliphatic heterocycles. The van der Waals surface area contributed by atoms with Gasteiger partial charge < -0.3 is 15.1 Å². The van der Waals surface area contributed by atoms with Gasteiger partial charge in [0.05, 0.1) is 12.1 Å². The first-order chi connectivity index (χ1) is 9.29. The van der Waals surface area contributed by atoms with E-state index < -0.39 is 12.2 Å². The zero-order valence-corrected chi connectivity index (χ0v) is 10.3. The van der Waals surface area contributed by atoms with Gasteiger partial charge in [-0.25, -0.2) is 0 Å². The highest BCUT2D eigenvalue weighted by molar-refractivity contribution is 5.61. The molecular weight excluding hydrogens is 238 g/mol. The Hall–Kier alpha value is -1.84. The van der Waals surface area contributed by atoms with Crippen molar-refractivity contribution in [2.75, 3.05) is 4.90 Å². The number of benzene rings is 2. The van der Waals surface area contributed by atoms with Crippen molar-refractivity contribution < 1.29 is 10.2 Å². The minimum Gasteiger partial charge on any atom is -0.388 e. The van der Waals surface area contributed by atoms with Gasteiger partial charge in [0.1, 0.15) is 12.2 Å². The standard InChI is InChI=1S/C16H15NO2/c18-15-13-11-8-4-5-9-12(11)14(16(15)19)17(13)10-6-2-1-3-7-10/h1-9,13-16,18-19H/t13?,14?,15-,16+. The molecule has 1 fully saturated rings. The van der Waals surface area contributed by atoms with Crippen molar-refractivity contribution in [1.82, 2.24) is 0 Å². The fraction of sp³-hybridized carbons (Fsp3) is 0.250. The SMILES string of the molecule is O[C@@H]1C2c3ccccc3C([C@@H]1O)N2c1ccccc1. The molecule has 4 atom stereocenters. The van der Waals surface area contributed by atoms with Crippen molar-refractivity contribution in [3.05, 3.63) is 65.7 Å². The molecule has 4 rings (SSSR count). The molecule has 1 saturated heterocycles. The van der Waals surface area contributed by atoms with Gasteiger partial charge in [-0.2, -0.15) is 0 Å². The molecule has 96 valence electrons. The maximum absolute atomic E-state index is 10.3. The minimum atomic E-state index is -0.722. The molecule has 2 aliphatic rings. The Kier molecular flexibility index (Phi) is 2.22. The van der Waals surface area contributed by atoms with Crippen LogP contribution in [0.2, 0.25) is 0 Å². The van der Waals surface area contributed by atoms with E-state index in [-0.39, 0.29) is 12.1 Å². The molecule has 2 heterocycles. The number of nitrogens with zero attached hydrogens (tertiary/aromatic N) is 1. The number of rotatable bonds is 1. The fourth-order valence-electron chi connectivity index (χ4n) is 3.51. The zero-order chi connectivity index (χ0) is 13.0. The van der Waals surface area contributed by atoms with Crippen LogP contribution in [0.4, 0.5) is 5.69 Å². The monoisotopic (exact) mass is 253 g/mol. The summed E-state index contributed by atoms with van der Waals surface area (Å²) in [5, 5.41) is 20.5. The Bertz CT molecular complexity index is 578. The molecule has 2 aromatic carbocycles. The van der Waals surface area contributed by atoms with Crippen molar-refractivity contribution in [3.8, 4) is 0 Å². The van der Waals surface area contributed by atoms with Gasteiger partial charge in [-0.3, -0.25) is 0 Å². The Labute approximate surface area is 111 Å². The second kappa shape index (κ2) is 3.83. The lowest BCUT2D eigenvalue weighted by molar-refractivity contribution is 0.0217. The van der Waals surface area contributed by atoms with Crippen LogP contribution in [0, 0.1) is 0 Å². The summed E-state index contributed by atoms with van der Waals surface area (Å²) in [4.78, 5) is 2.14. The fourth-order valence-corrected chi connectivity index (χ4v) is 3.51. The summed E-state index contributed by atoms with van der Waals surface area (Å²) in [5.74, 6) is 0. The van der Waals surface area contributed by atoms with E-state index in [4.69, 9.17) is 0 Å². The van der Waals surface area contributed by atoms with Crippen LogP contribution in [0.3, 0.4) is 0 Å². The highest BCUT2D eigenvalue weighted by atomic mass is 16.3. The average Bonchev–Trinajstić information content (AvgIpc) is 2.93. The molecule has 2 aromatic rings. The second-order valence-electron chi connectivity index (χ2n) is 5.24. The summed E-state index contributed by atoms with van der Waals surface area (Å²) < 4.78 is 0. The molecule has 0 spiro atoms. The Morgan fingerprint density at radius 3 is 1.68 bits per heavy atom. The van der Waals surface area contributed by atoms with E-state index in [9.17, 15) is 10.2 Å². The van der Waals surface area contributed by atoms with Crippen molar-refractivity contribution in [1.29, 1.82) is 0 Å². The third kappa shape index (κ3) is 1.34.